The third-order valence-corrected chi connectivity index (χ3v) is 4.03. The Labute approximate surface area is 78.5 Å². The van der Waals surface area contributed by atoms with Crippen molar-refractivity contribution >= 4 is 21.6 Å². The molecular weight excluding hydrogens is 198 g/mol. The van der Waals surface area contributed by atoms with Gasteiger partial charge in [-0.15, -0.1) is 11.6 Å². The van der Waals surface area contributed by atoms with Gasteiger partial charge in [-0.25, -0.2) is 13.1 Å². The van der Waals surface area contributed by atoms with Crippen LogP contribution in [0, 0.1) is 5.92 Å². The summed E-state index contributed by atoms with van der Waals surface area (Å²) in [6.45, 7) is 2.13. The van der Waals surface area contributed by atoms with Crippen molar-refractivity contribution < 1.29 is 8.42 Å². The summed E-state index contributed by atoms with van der Waals surface area (Å²) in [7, 11) is -3.21. The molecular formula is C7H14ClNO2S. The second-order valence-corrected chi connectivity index (χ2v) is 5.79. The highest BCUT2D eigenvalue weighted by molar-refractivity contribution is 7.90. The van der Waals surface area contributed by atoms with E-state index in [4.69, 9.17) is 11.6 Å². The van der Waals surface area contributed by atoms with Gasteiger partial charge >= 0.3 is 0 Å². The van der Waals surface area contributed by atoms with Crippen LogP contribution < -0.4 is 4.72 Å². The highest BCUT2D eigenvalue weighted by Crippen LogP contribution is 2.25. The van der Waals surface area contributed by atoms with E-state index in [-0.39, 0.29) is 11.3 Å². The molecule has 0 bridgehead atoms. The number of sulfonamides is 1. The molecule has 0 aromatic carbocycles. The Bertz CT molecular complexity index is 240. The lowest BCUT2D eigenvalue weighted by Crippen LogP contribution is -2.33. The summed E-state index contributed by atoms with van der Waals surface area (Å²) in [6.07, 6.45) is 2.99. The summed E-state index contributed by atoms with van der Waals surface area (Å²) >= 11 is 5.26. The third kappa shape index (κ3) is 2.92. The zero-order valence-electron chi connectivity index (χ0n) is 7.09. The summed E-state index contributed by atoms with van der Waals surface area (Å²) in [5.74, 6) is 0.632. The smallest absolute Gasteiger partial charge is 0.211 e. The molecule has 1 rings (SSSR count). The molecule has 1 fully saturated rings. The molecule has 1 aliphatic rings. The van der Waals surface area contributed by atoms with Gasteiger partial charge in [-0.1, -0.05) is 6.92 Å². The van der Waals surface area contributed by atoms with E-state index in [9.17, 15) is 8.42 Å². The van der Waals surface area contributed by atoms with E-state index in [0.29, 0.717) is 5.92 Å². The van der Waals surface area contributed by atoms with Gasteiger partial charge in [0.25, 0.3) is 0 Å². The molecule has 0 spiro atoms. The minimum atomic E-state index is -3.21. The Morgan fingerprint density at radius 2 is 2.17 bits per heavy atom. The molecule has 0 heterocycles. The predicted octanol–water partition coefficient (Wildman–Crippen LogP) is 1.29. The lowest BCUT2D eigenvalue weighted by atomic mass is 10.1. The number of alkyl halides is 1. The molecule has 0 aliphatic heterocycles. The molecule has 2 unspecified atom stereocenters. The molecule has 0 radical (unpaired) electrons. The first-order valence-electron chi connectivity index (χ1n) is 4.09. The van der Waals surface area contributed by atoms with Gasteiger partial charge < -0.3 is 0 Å². The fourth-order valence-corrected chi connectivity index (χ4v) is 2.57. The Kier molecular flexibility index (Phi) is 3.37. The number of halogens is 1. The van der Waals surface area contributed by atoms with E-state index in [1.165, 1.54) is 0 Å². The van der Waals surface area contributed by atoms with Gasteiger partial charge in [0.1, 0.15) is 5.21 Å². The SMILES string of the molecule is CC1CCC(NS(=O)(=O)CCl)C1. The van der Waals surface area contributed by atoms with Crippen LogP contribution in [0.3, 0.4) is 0 Å². The van der Waals surface area contributed by atoms with E-state index in [1.54, 1.807) is 0 Å². The second kappa shape index (κ2) is 3.94. The molecule has 5 heteroatoms. The summed E-state index contributed by atoms with van der Waals surface area (Å²) < 4.78 is 24.6. The Morgan fingerprint density at radius 1 is 1.50 bits per heavy atom. The largest absolute Gasteiger partial charge is 0.225 e. The summed E-state index contributed by atoms with van der Waals surface area (Å²) in [5, 5.41) is -0.335. The molecule has 0 aromatic heterocycles. The number of hydrogen-bond donors (Lipinski definition) is 1. The Morgan fingerprint density at radius 3 is 2.58 bits per heavy atom. The average Bonchev–Trinajstić information content (AvgIpc) is 2.35. The normalized spacial score (nSPS) is 30.8. The van der Waals surface area contributed by atoms with Crippen LogP contribution >= 0.6 is 11.6 Å². The fraction of sp³-hybridized carbons (Fsp3) is 1.00. The van der Waals surface area contributed by atoms with Crippen LogP contribution in [0.15, 0.2) is 0 Å². The summed E-state index contributed by atoms with van der Waals surface area (Å²) in [4.78, 5) is 0. The molecule has 1 saturated carbocycles. The van der Waals surface area contributed by atoms with Gasteiger partial charge in [0.2, 0.25) is 10.0 Å². The van der Waals surface area contributed by atoms with Crippen molar-refractivity contribution in [2.75, 3.05) is 5.21 Å². The van der Waals surface area contributed by atoms with Crippen molar-refractivity contribution in [3.8, 4) is 0 Å². The van der Waals surface area contributed by atoms with Crippen molar-refractivity contribution in [1.29, 1.82) is 0 Å². The predicted molar refractivity (Wildman–Crippen MR) is 49.6 cm³/mol. The Hall–Kier alpha value is 0.200. The highest BCUT2D eigenvalue weighted by Gasteiger charge is 2.24. The van der Waals surface area contributed by atoms with Crippen molar-refractivity contribution in [1.82, 2.24) is 4.72 Å². The summed E-state index contributed by atoms with van der Waals surface area (Å²) in [6, 6.07) is 0.115. The van der Waals surface area contributed by atoms with Crippen LogP contribution in [0.1, 0.15) is 26.2 Å². The molecule has 72 valence electrons. The molecule has 2 atom stereocenters. The average molecular weight is 212 g/mol. The first kappa shape index (κ1) is 10.3. The maximum atomic E-state index is 11.0. The van der Waals surface area contributed by atoms with Crippen LogP contribution in [0.4, 0.5) is 0 Å². The van der Waals surface area contributed by atoms with Crippen molar-refractivity contribution in [2.45, 2.75) is 32.2 Å². The molecule has 1 N–H and O–H groups in total. The molecule has 0 amide bonds. The first-order chi connectivity index (χ1) is 5.53. The van der Waals surface area contributed by atoms with Gasteiger partial charge in [0.15, 0.2) is 0 Å². The number of rotatable bonds is 3. The van der Waals surface area contributed by atoms with Crippen molar-refractivity contribution in [2.24, 2.45) is 5.92 Å². The van der Waals surface area contributed by atoms with E-state index in [1.807, 2.05) is 0 Å². The van der Waals surface area contributed by atoms with E-state index >= 15 is 0 Å². The molecule has 12 heavy (non-hydrogen) atoms. The van der Waals surface area contributed by atoms with Crippen LogP contribution in [0.2, 0.25) is 0 Å². The van der Waals surface area contributed by atoms with E-state index in [0.717, 1.165) is 19.3 Å². The number of hydrogen-bond acceptors (Lipinski definition) is 2. The quantitative estimate of drug-likeness (QED) is 0.716. The zero-order valence-corrected chi connectivity index (χ0v) is 8.66. The lowest BCUT2D eigenvalue weighted by Gasteiger charge is -2.10. The molecule has 0 saturated heterocycles. The van der Waals surface area contributed by atoms with Crippen molar-refractivity contribution in [3.63, 3.8) is 0 Å². The van der Waals surface area contributed by atoms with Crippen LogP contribution in [0.25, 0.3) is 0 Å². The third-order valence-electron chi connectivity index (χ3n) is 2.18. The minimum Gasteiger partial charge on any atom is -0.211 e. The topological polar surface area (TPSA) is 46.2 Å². The minimum absolute atomic E-state index is 0.115. The van der Waals surface area contributed by atoms with E-state index in [2.05, 4.69) is 11.6 Å². The first-order valence-corrected chi connectivity index (χ1v) is 6.28. The lowest BCUT2D eigenvalue weighted by molar-refractivity contribution is 0.541. The van der Waals surface area contributed by atoms with Gasteiger partial charge in [0, 0.05) is 6.04 Å². The highest BCUT2D eigenvalue weighted by atomic mass is 35.5. The van der Waals surface area contributed by atoms with Crippen molar-refractivity contribution in [3.05, 3.63) is 0 Å². The van der Waals surface area contributed by atoms with Gasteiger partial charge in [-0.05, 0) is 25.2 Å². The zero-order chi connectivity index (χ0) is 9.19. The van der Waals surface area contributed by atoms with E-state index < -0.39 is 10.0 Å². The molecule has 3 nitrogen and oxygen atoms in total. The fourth-order valence-electron chi connectivity index (χ4n) is 1.60. The van der Waals surface area contributed by atoms with Crippen LogP contribution in [-0.4, -0.2) is 19.7 Å². The molecule has 1 aliphatic carbocycles. The van der Waals surface area contributed by atoms with Gasteiger partial charge in [0.05, 0.1) is 0 Å². The van der Waals surface area contributed by atoms with Crippen LogP contribution in [-0.2, 0) is 10.0 Å². The Balaban J connectivity index is 2.43. The van der Waals surface area contributed by atoms with Crippen LogP contribution in [0.5, 0.6) is 0 Å². The number of nitrogens with one attached hydrogen (secondary N) is 1. The standard InChI is InChI=1S/C7H14ClNO2S/c1-6-2-3-7(4-6)9-12(10,11)5-8/h6-7,9H,2-5H2,1H3. The second-order valence-electron chi connectivity index (χ2n) is 3.46. The summed E-state index contributed by atoms with van der Waals surface area (Å²) in [5.41, 5.74) is 0. The maximum absolute atomic E-state index is 11.0. The van der Waals surface area contributed by atoms with Gasteiger partial charge in [-0.3, -0.25) is 0 Å². The molecule has 0 aromatic rings. The monoisotopic (exact) mass is 211 g/mol. The maximum Gasteiger partial charge on any atom is 0.225 e. The van der Waals surface area contributed by atoms with Gasteiger partial charge in [-0.2, -0.15) is 0 Å².